The van der Waals surface area contributed by atoms with Crippen molar-refractivity contribution in [2.24, 2.45) is 17.1 Å². The SMILES string of the molecule is C=C[C@@H]1C[C@]1(NC(=O)[C@@H]1C[C@@H](Oc2ccnc3cc(OC)ccc23)CN1C(=O)[C@@H](NC(=O)OC(C)(C)C)C(C)(C)C)C(=C)N. The molecule has 44 heavy (non-hydrogen) atoms. The van der Waals surface area contributed by atoms with Crippen molar-refractivity contribution in [3.63, 3.8) is 0 Å². The Labute approximate surface area is 259 Å². The first-order valence-electron chi connectivity index (χ1n) is 14.8. The third-order valence-corrected chi connectivity index (χ3v) is 8.04. The smallest absolute Gasteiger partial charge is 0.408 e. The maximum absolute atomic E-state index is 14.3. The monoisotopic (exact) mass is 607 g/mol. The third kappa shape index (κ3) is 6.92. The molecule has 2 fully saturated rings. The molecule has 0 radical (unpaired) electrons. The van der Waals surface area contributed by atoms with Gasteiger partial charge in [0.25, 0.3) is 0 Å². The van der Waals surface area contributed by atoms with Crippen LogP contribution in [0.25, 0.3) is 10.9 Å². The molecule has 4 rings (SSSR count). The molecule has 0 spiro atoms. The Balaban J connectivity index is 1.65. The van der Waals surface area contributed by atoms with Crippen molar-refractivity contribution in [1.29, 1.82) is 0 Å². The molecular weight excluding hydrogens is 562 g/mol. The highest BCUT2D eigenvalue weighted by molar-refractivity contribution is 5.93. The average molecular weight is 608 g/mol. The van der Waals surface area contributed by atoms with E-state index in [2.05, 4.69) is 28.8 Å². The van der Waals surface area contributed by atoms with Crippen molar-refractivity contribution in [3.05, 3.63) is 55.4 Å². The second-order valence-electron chi connectivity index (χ2n) is 13.7. The van der Waals surface area contributed by atoms with E-state index in [0.29, 0.717) is 29.1 Å². The Kier molecular flexibility index (Phi) is 8.91. The molecule has 11 heteroatoms. The van der Waals surface area contributed by atoms with Crippen LogP contribution in [-0.2, 0) is 14.3 Å². The van der Waals surface area contributed by atoms with Gasteiger partial charge in [-0.2, -0.15) is 0 Å². The number of aromatic nitrogens is 1. The molecular formula is C33H45N5O6. The second kappa shape index (κ2) is 12.0. The quantitative estimate of drug-likeness (QED) is 0.362. The van der Waals surface area contributed by atoms with Gasteiger partial charge in [-0.3, -0.25) is 14.6 Å². The zero-order valence-electron chi connectivity index (χ0n) is 26.7. The first-order chi connectivity index (χ1) is 20.5. The van der Waals surface area contributed by atoms with Crippen molar-refractivity contribution < 1.29 is 28.6 Å². The summed E-state index contributed by atoms with van der Waals surface area (Å²) in [5.74, 6) is 0.370. The predicted molar refractivity (Wildman–Crippen MR) is 168 cm³/mol. The van der Waals surface area contributed by atoms with Gasteiger partial charge < -0.3 is 35.5 Å². The van der Waals surface area contributed by atoms with Gasteiger partial charge in [0.15, 0.2) is 0 Å². The number of methoxy groups -OCH3 is 1. The van der Waals surface area contributed by atoms with Gasteiger partial charge in [0.2, 0.25) is 11.8 Å². The fourth-order valence-electron chi connectivity index (χ4n) is 5.59. The number of ether oxygens (including phenoxy) is 3. The zero-order chi connectivity index (χ0) is 32.6. The van der Waals surface area contributed by atoms with Crippen LogP contribution in [0.3, 0.4) is 0 Å². The summed E-state index contributed by atoms with van der Waals surface area (Å²) in [6.45, 7) is 18.6. The topological polar surface area (TPSA) is 145 Å². The van der Waals surface area contributed by atoms with Gasteiger partial charge in [-0.25, -0.2) is 4.79 Å². The number of rotatable bonds is 9. The standard InChI is InChI=1S/C33H45N5O6/c1-10-20-17-33(20,19(2)34)37-28(39)25-16-22(43-26-13-14-35-24-15-21(42-9)11-12-23(24)26)18-38(25)29(40)27(31(3,4)5)36-30(41)44-32(6,7)8/h10-15,20,22,25,27H,1-2,16-18,34H2,3-9H3,(H,36,41)(H,37,39)/t20-,22-,25+,27-,33+/m1/s1. The second-order valence-corrected chi connectivity index (χ2v) is 13.7. The van der Waals surface area contributed by atoms with Crippen LogP contribution < -0.4 is 25.8 Å². The van der Waals surface area contributed by atoms with Crippen LogP contribution in [0, 0.1) is 11.3 Å². The van der Waals surface area contributed by atoms with Crippen molar-refractivity contribution in [2.45, 2.75) is 83.7 Å². The van der Waals surface area contributed by atoms with Crippen LogP contribution in [0.4, 0.5) is 4.79 Å². The predicted octanol–water partition coefficient (Wildman–Crippen LogP) is 4.06. The lowest BCUT2D eigenvalue weighted by Crippen LogP contribution is -2.59. The van der Waals surface area contributed by atoms with E-state index in [9.17, 15) is 14.4 Å². The van der Waals surface area contributed by atoms with Crippen molar-refractivity contribution >= 4 is 28.8 Å². The lowest BCUT2D eigenvalue weighted by atomic mass is 9.85. The van der Waals surface area contributed by atoms with E-state index in [1.165, 1.54) is 4.90 Å². The molecule has 2 aliphatic rings. The highest BCUT2D eigenvalue weighted by atomic mass is 16.6. The Morgan fingerprint density at radius 2 is 1.89 bits per heavy atom. The van der Waals surface area contributed by atoms with Crippen LogP contribution in [0.5, 0.6) is 11.5 Å². The molecule has 1 aliphatic heterocycles. The number of carbonyl (C=O) groups is 3. The third-order valence-electron chi connectivity index (χ3n) is 8.04. The summed E-state index contributed by atoms with van der Waals surface area (Å²) >= 11 is 0. The molecule has 2 heterocycles. The summed E-state index contributed by atoms with van der Waals surface area (Å²) in [5, 5.41) is 6.57. The van der Waals surface area contributed by atoms with E-state index in [-0.39, 0.29) is 24.8 Å². The minimum atomic E-state index is -0.985. The van der Waals surface area contributed by atoms with Crippen LogP contribution in [-0.4, -0.2) is 70.8 Å². The number of carbonyl (C=O) groups excluding carboxylic acids is 3. The van der Waals surface area contributed by atoms with E-state index in [1.54, 1.807) is 46.2 Å². The Hall–Kier alpha value is -4.28. The number of amides is 3. The first kappa shape index (κ1) is 32.6. The van der Waals surface area contributed by atoms with Crippen LogP contribution in [0.15, 0.2) is 55.4 Å². The summed E-state index contributed by atoms with van der Waals surface area (Å²) in [4.78, 5) is 46.9. The number of alkyl carbamates (subject to hydrolysis) is 1. The molecule has 1 aromatic heterocycles. The zero-order valence-corrected chi connectivity index (χ0v) is 26.7. The number of pyridine rings is 1. The summed E-state index contributed by atoms with van der Waals surface area (Å²) in [7, 11) is 1.59. The van der Waals surface area contributed by atoms with Gasteiger partial charge in [0.05, 0.1) is 24.7 Å². The molecule has 0 bridgehead atoms. The summed E-state index contributed by atoms with van der Waals surface area (Å²) < 4.78 is 17.2. The van der Waals surface area contributed by atoms with Crippen molar-refractivity contribution in [1.82, 2.24) is 20.5 Å². The van der Waals surface area contributed by atoms with Crippen LogP contribution in [0.2, 0.25) is 0 Å². The number of benzene rings is 1. The average Bonchev–Trinajstić information content (AvgIpc) is 3.49. The number of likely N-dealkylation sites (tertiary alicyclic amines) is 1. The highest BCUT2D eigenvalue weighted by Gasteiger charge is 2.57. The molecule has 0 unspecified atom stereocenters. The van der Waals surface area contributed by atoms with E-state index < -0.39 is 46.7 Å². The first-order valence-corrected chi connectivity index (χ1v) is 14.8. The summed E-state index contributed by atoms with van der Waals surface area (Å²) in [6, 6.07) is 5.36. The van der Waals surface area contributed by atoms with Gasteiger partial charge in [-0.15, -0.1) is 6.58 Å². The van der Waals surface area contributed by atoms with Crippen molar-refractivity contribution in [2.75, 3.05) is 13.7 Å². The van der Waals surface area contributed by atoms with Gasteiger partial charge in [0, 0.05) is 35.7 Å². The van der Waals surface area contributed by atoms with E-state index in [0.717, 1.165) is 5.39 Å². The van der Waals surface area contributed by atoms with Gasteiger partial charge >= 0.3 is 6.09 Å². The minimum absolute atomic E-state index is 0.0575. The molecule has 11 nitrogen and oxygen atoms in total. The number of fused-ring (bicyclic) bond motifs is 1. The largest absolute Gasteiger partial charge is 0.497 e. The number of hydrogen-bond acceptors (Lipinski definition) is 8. The summed E-state index contributed by atoms with van der Waals surface area (Å²) in [6.07, 6.45) is 2.92. The molecule has 1 saturated heterocycles. The Morgan fingerprint density at radius 1 is 1.18 bits per heavy atom. The van der Waals surface area contributed by atoms with Crippen LogP contribution in [0.1, 0.15) is 54.4 Å². The normalized spacial score (nSPS) is 23.8. The summed E-state index contributed by atoms with van der Waals surface area (Å²) in [5.41, 5.74) is 4.86. The molecule has 1 aliphatic carbocycles. The fourth-order valence-corrected chi connectivity index (χ4v) is 5.59. The number of hydrogen-bond donors (Lipinski definition) is 3. The van der Waals surface area contributed by atoms with Gasteiger partial charge in [0.1, 0.15) is 35.3 Å². The molecule has 1 saturated carbocycles. The Bertz CT molecular complexity index is 1460. The lowest BCUT2D eigenvalue weighted by Gasteiger charge is -2.36. The molecule has 1 aromatic carbocycles. The number of nitrogens with zero attached hydrogens (tertiary/aromatic N) is 2. The lowest BCUT2D eigenvalue weighted by molar-refractivity contribution is -0.142. The molecule has 3 amide bonds. The maximum Gasteiger partial charge on any atom is 0.408 e. The molecule has 5 atom stereocenters. The van der Waals surface area contributed by atoms with Crippen LogP contribution >= 0.6 is 0 Å². The number of nitrogens with one attached hydrogen (secondary N) is 2. The van der Waals surface area contributed by atoms with E-state index in [4.69, 9.17) is 19.9 Å². The minimum Gasteiger partial charge on any atom is -0.497 e. The molecule has 238 valence electrons. The Morgan fingerprint density at radius 3 is 2.45 bits per heavy atom. The van der Waals surface area contributed by atoms with E-state index in [1.807, 2.05) is 39.0 Å². The van der Waals surface area contributed by atoms with Gasteiger partial charge in [-0.1, -0.05) is 33.4 Å². The fraction of sp³-hybridized carbons (Fsp3) is 0.515. The highest BCUT2D eigenvalue weighted by Crippen LogP contribution is 2.48. The number of nitrogens with two attached hydrogens (primary N) is 1. The molecule has 2 aromatic rings. The van der Waals surface area contributed by atoms with Gasteiger partial charge in [-0.05, 0) is 50.8 Å². The van der Waals surface area contributed by atoms with E-state index >= 15 is 0 Å². The molecule has 4 N–H and O–H groups in total. The maximum atomic E-state index is 14.3. The van der Waals surface area contributed by atoms with Crippen molar-refractivity contribution in [3.8, 4) is 11.5 Å².